The van der Waals surface area contributed by atoms with Crippen LogP contribution in [0, 0.1) is 0 Å². The van der Waals surface area contributed by atoms with Crippen LogP contribution in [0.3, 0.4) is 0 Å². The third-order valence-corrected chi connectivity index (χ3v) is 5.32. The molecule has 0 spiro atoms. The molecule has 200 valence electrons. The monoisotopic (exact) mass is 509 g/mol. The maximum Gasteiger partial charge on any atom is 0.325 e. The van der Waals surface area contributed by atoms with Crippen LogP contribution in [-0.2, 0) is 30.4 Å². The molecule has 0 aliphatic heterocycles. The largest absolute Gasteiger partial charge is 0.508 e. The minimum atomic E-state index is -1.30. The van der Waals surface area contributed by atoms with Crippen molar-refractivity contribution in [2.24, 2.45) is 11.5 Å². The van der Waals surface area contributed by atoms with Crippen molar-refractivity contribution < 1.29 is 39.3 Å². The predicted octanol–water partition coefficient (Wildman–Crippen LogP) is -1.19. The SMILES string of the molecule is C[C@H](NC(=O)[C@H](Cc1ccc(O)cc1)NC(=O)[C@H](CCC(=O)O)NC(=O)[C@@H](N)CCCCN)C(=O)O. The third-order valence-electron chi connectivity index (χ3n) is 5.32. The van der Waals surface area contributed by atoms with Gasteiger partial charge in [-0.15, -0.1) is 0 Å². The average molecular weight is 510 g/mol. The van der Waals surface area contributed by atoms with Crippen LogP contribution in [0.4, 0.5) is 0 Å². The first-order valence-electron chi connectivity index (χ1n) is 11.5. The number of hydrogen-bond acceptors (Lipinski definition) is 8. The fourth-order valence-electron chi connectivity index (χ4n) is 3.18. The topological polar surface area (TPSA) is 234 Å². The van der Waals surface area contributed by atoms with Crippen LogP contribution in [0.1, 0.15) is 44.6 Å². The van der Waals surface area contributed by atoms with Gasteiger partial charge in [0.25, 0.3) is 0 Å². The van der Waals surface area contributed by atoms with E-state index in [1.165, 1.54) is 31.2 Å². The summed E-state index contributed by atoms with van der Waals surface area (Å²) in [6.45, 7) is 1.69. The van der Waals surface area contributed by atoms with Gasteiger partial charge in [0, 0.05) is 12.8 Å². The second-order valence-corrected chi connectivity index (χ2v) is 8.38. The Bertz CT molecular complexity index is 908. The molecule has 13 heteroatoms. The quantitative estimate of drug-likeness (QED) is 0.124. The number of carboxylic acid groups (broad SMARTS) is 2. The smallest absolute Gasteiger partial charge is 0.325 e. The summed E-state index contributed by atoms with van der Waals surface area (Å²) in [6, 6.07) is 1.06. The van der Waals surface area contributed by atoms with Crippen molar-refractivity contribution in [1.29, 1.82) is 0 Å². The van der Waals surface area contributed by atoms with Crippen LogP contribution in [0.5, 0.6) is 5.75 Å². The highest BCUT2D eigenvalue weighted by Crippen LogP contribution is 2.12. The van der Waals surface area contributed by atoms with Crippen molar-refractivity contribution in [2.45, 2.75) is 69.6 Å². The molecular formula is C23H35N5O8. The number of amides is 3. The summed E-state index contributed by atoms with van der Waals surface area (Å²) in [5.41, 5.74) is 11.8. The van der Waals surface area contributed by atoms with Crippen LogP contribution >= 0.6 is 0 Å². The molecule has 0 saturated heterocycles. The van der Waals surface area contributed by atoms with E-state index in [0.29, 0.717) is 31.4 Å². The molecule has 0 heterocycles. The lowest BCUT2D eigenvalue weighted by Gasteiger charge is -2.24. The molecule has 0 radical (unpaired) electrons. The number of phenols is 1. The van der Waals surface area contributed by atoms with Gasteiger partial charge in [0.1, 0.15) is 23.9 Å². The normalized spacial score (nSPS) is 14.1. The number of aliphatic carboxylic acids is 2. The zero-order valence-electron chi connectivity index (χ0n) is 20.1. The Kier molecular flexibility index (Phi) is 12.9. The Morgan fingerprint density at radius 1 is 0.861 bits per heavy atom. The molecule has 0 fully saturated rings. The molecule has 0 aromatic heterocycles. The Balaban J connectivity index is 3.05. The maximum atomic E-state index is 13.0. The number of unbranched alkanes of at least 4 members (excludes halogenated alkanes) is 1. The number of nitrogens with two attached hydrogens (primary N) is 2. The van der Waals surface area contributed by atoms with Crippen molar-refractivity contribution >= 4 is 29.7 Å². The molecule has 0 aliphatic carbocycles. The van der Waals surface area contributed by atoms with Gasteiger partial charge in [-0.2, -0.15) is 0 Å². The fourth-order valence-corrected chi connectivity index (χ4v) is 3.18. The molecule has 0 unspecified atom stereocenters. The van der Waals surface area contributed by atoms with Gasteiger partial charge in [0.15, 0.2) is 0 Å². The standard InChI is InChI=1S/C23H35N5O8/c1-13(23(35)36)26-22(34)18(12-14-5-7-15(29)8-6-14)28-21(33)17(9-10-19(30)31)27-20(32)16(25)4-2-3-11-24/h5-8,13,16-18,29H,2-4,9-12,24-25H2,1H3,(H,26,34)(H,27,32)(H,28,33)(H,30,31)(H,35,36)/t13-,16-,17-,18-/m0/s1. The summed E-state index contributed by atoms with van der Waals surface area (Å²) in [5, 5.41) is 34.8. The second kappa shape index (κ2) is 15.3. The summed E-state index contributed by atoms with van der Waals surface area (Å²) in [7, 11) is 0. The molecule has 1 aromatic rings. The second-order valence-electron chi connectivity index (χ2n) is 8.38. The lowest BCUT2D eigenvalue weighted by Crippen LogP contribution is -2.57. The lowest BCUT2D eigenvalue weighted by atomic mass is 10.0. The zero-order valence-corrected chi connectivity index (χ0v) is 20.1. The van der Waals surface area contributed by atoms with Gasteiger partial charge >= 0.3 is 11.9 Å². The van der Waals surface area contributed by atoms with E-state index >= 15 is 0 Å². The number of phenolic OH excluding ortho intramolecular Hbond substituents is 1. The highest BCUT2D eigenvalue weighted by atomic mass is 16.4. The van der Waals surface area contributed by atoms with E-state index in [1.807, 2.05) is 0 Å². The Labute approximate surface area is 208 Å². The number of benzene rings is 1. The molecule has 0 aliphatic rings. The Morgan fingerprint density at radius 3 is 2.00 bits per heavy atom. The van der Waals surface area contributed by atoms with E-state index < -0.39 is 60.2 Å². The summed E-state index contributed by atoms with van der Waals surface area (Å²) in [6.07, 6.45) is 0.797. The molecule has 3 amide bonds. The van der Waals surface area contributed by atoms with E-state index in [-0.39, 0.29) is 18.6 Å². The summed E-state index contributed by atoms with van der Waals surface area (Å²) < 4.78 is 0. The van der Waals surface area contributed by atoms with E-state index in [1.54, 1.807) is 0 Å². The number of carbonyl (C=O) groups is 5. The van der Waals surface area contributed by atoms with E-state index in [4.69, 9.17) is 21.7 Å². The van der Waals surface area contributed by atoms with Crippen LogP contribution in [0.25, 0.3) is 0 Å². The maximum absolute atomic E-state index is 13.0. The van der Waals surface area contributed by atoms with Gasteiger partial charge in [-0.3, -0.25) is 24.0 Å². The minimum absolute atomic E-state index is 0.0115. The van der Waals surface area contributed by atoms with Crippen LogP contribution in [-0.4, -0.2) is 75.7 Å². The number of hydrogen-bond donors (Lipinski definition) is 8. The number of nitrogens with one attached hydrogen (secondary N) is 3. The van der Waals surface area contributed by atoms with Crippen molar-refractivity contribution in [3.8, 4) is 5.75 Å². The van der Waals surface area contributed by atoms with Gasteiger partial charge in [-0.25, -0.2) is 0 Å². The molecule has 10 N–H and O–H groups in total. The molecule has 36 heavy (non-hydrogen) atoms. The van der Waals surface area contributed by atoms with Gasteiger partial charge < -0.3 is 42.7 Å². The first kappa shape index (κ1) is 30.3. The van der Waals surface area contributed by atoms with Crippen LogP contribution in [0.15, 0.2) is 24.3 Å². The van der Waals surface area contributed by atoms with Gasteiger partial charge in [0.05, 0.1) is 6.04 Å². The third kappa shape index (κ3) is 11.1. The summed E-state index contributed by atoms with van der Waals surface area (Å²) >= 11 is 0. The van der Waals surface area contributed by atoms with Crippen molar-refractivity contribution in [2.75, 3.05) is 6.54 Å². The first-order chi connectivity index (χ1) is 16.9. The van der Waals surface area contributed by atoms with E-state index in [0.717, 1.165) is 0 Å². The van der Waals surface area contributed by atoms with Crippen molar-refractivity contribution in [1.82, 2.24) is 16.0 Å². The summed E-state index contributed by atoms with van der Waals surface area (Å²) in [4.78, 5) is 60.6. The number of aromatic hydroxyl groups is 1. The molecule has 1 aromatic carbocycles. The molecule has 1 rings (SSSR count). The van der Waals surface area contributed by atoms with Crippen molar-refractivity contribution in [3.05, 3.63) is 29.8 Å². The van der Waals surface area contributed by atoms with Gasteiger partial charge in [-0.1, -0.05) is 18.6 Å². The highest BCUT2D eigenvalue weighted by Gasteiger charge is 2.30. The van der Waals surface area contributed by atoms with Crippen molar-refractivity contribution in [3.63, 3.8) is 0 Å². The Morgan fingerprint density at radius 2 is 1.44 bits per heavy atom. The number of rotatable bonds is 16. The molecule has 4 atom stereocenters. The number of carbonyl (C=O) groups excluding carboxylic acids is 3. The van der Waals surface area contributed by atoms with Crippen LogP contribution < -0.4 is 27.4 Å². The minimum Gasteiger partial charge on any atom is -0.508 e. The van der Waals surface area contributed by atoms with Gasteiger partial charge in [-0.05, 0) is 50.4 Å². The summed E-state index contributed by atoms with van der Waals surface area (Å²) in [5.74, 6) is -4.77. The molecule has 0 bridgehead atoms. The molecular weight excluding hydrogens is 474 g/mol. The molecule has 13 nitrogen and oxygen atoms in total. The fraction of sp³-hybridized carbons (Fsp3) is 0.522. The van der Waals surface area contributed by atoms with E-state index in [2.05, 4.69) is 16.0 Å². The average Bonchev–Trinajstić information content (AvgIpc) is 2.82. The Hall–Kier alpha value is -3.71. The van der Waals surface area contributed by atoms with Crippen LogP contribution in [0.2, 0.25) is 0 Å². The lowest BCUT2D eigenvalue weighted by molar-refractivity contribution is -0.141. The first-order valence-corrected chi connectivity index (χ1v) is 11.5. The number of carboxylic acids is 2. The van der Waals surface area contributed by atoms with E-state index in [9.17, 15) is 29.1 Å². The van der Waals surface area contributed by atoms with Gasteiger partial charge in [0.2, 0.25) is 17.7 Å². The predicted molar refractivity (Wildman–Crippen MR) is 129 cm³/mol. The highest BCUT2D eigenvalue weighted by molar-refractivity contribution is 5.94. The zero-order chi connectivity index (χ0) is 27.3. The molecule has 0 saturated carbocycles.